The van der Waals surface area contributed by atoms with Crippen LogP contribution in [0.5, 0.6) is 0 Å². The fourth-order valence-corrected chi connectivity index (χ4v) is 10.5. The minimum Gasteiger partial charge on any atom is -0.309 e. The molecule has 0 aliphatic carbocycles. The molecule has 8 aromatic carbocycles. The van der Waals surface area contributed by atoms with E-state index in [1.807, 2.05) is 18.3 Å². The molecule has 0 N–H and O–H groups in total. The SMILES string of the molecule is c1ccc(-c2cc(-c3ccccc3)nc(-n3c4ccccc4c4cc(-c5ccc6c7ccccc7n(-c7ccc(-c8cc9c(cn8)sc8ccccc89)cc7)c6c5)ccc43)n2)cc1. The summed E-state index contributed by atoms with van der Waals surface area (Å²) < 4.78 is 7.11. The first kappa shape index (κ1) is 35.6. The Kier molecular flexibility index (Phi) is 8.01. The second-order valence-electron chi connectivity index (χ2n) is 16.1. The number of aromatic nitrogens is 5. The van der Waals surface area contributed by atoms with E-state index in [-0.39, 0.29) is 0 Å². The number of rotatable bonds is 6. The minimum absolute atomic E-state index is 0.641. The van der Waals surface area contributed by atoms with E-state index < -0.39 is 0 Å². The Bertz CT molecular complexity index is 3840. The number of para-hydroxylation sites is 2. The third-order valence-corrected chi connectivity index (χ3v) is 13.5. The summed E-state index contributed by atoms with van der Waals surface area (Å²) in [6, 6.07) is 73.5. The molecule has 0 amide bonds. The van der Waals surface area contributed by atoms with E-state index in [2.05, 4.69) is 203 Å². The molecule has 6 heteroatoms. The Morgan fingerprint density at radius 1 is 0.317 bits per heavy atom. The zero-order valence-electron chi connectivity index (χ0n) is 33.9. The highest BCUT2D eigenvalue weighted by atomic mass is 32.1. The number of thiophene rings is 1. The highest BCUT2D eigenvalue weighted by molar-refractivity contribution is 7.25. The zero-order valence-corrected chi connectivity index (χ0v) is 34.7. The van der Waals surface area contributed by atoms with Crippen molar-refractivity contribution < 1.29 is 0 Å². The molecule has 13 rings (SSSR count). The predicted octanol–water partition coefficient (Wildman–Crippen LogP) is 15.1. The first-order valence-corrected chi connectivity index (χ1v) is 22.0. The van der Waals surface area contributed by atoms with Gasteiger partial charge in [0.1, 0.15) is 0 Å². The fraction of sp³-hybridized carbons (Fsp3) is 0. The quantitative estimate of drug-likeness (QED) is 0.168. The van der Waals surface area contributed by atoms with Gasteiger partial charge >= 0.3 is 0 Å². The van der Waals surface area contributed by atoms with Crippen molar-refractivity contribution in [2.75, 3.05) is 0 Å². The second-order valence-corrected chi connectivity index (χ2v) is 17.1. The van der Waals surface area contributed by atoms with Crippen LogP contribution in [0.3, 0.4) is 0 Å². The number of fused-ring (bicyclic) bond motifs is 9. The Labute approximate surface area is 366 Å². The van der Waals surface area contributed by atoms with Crippen molar-refractivity contribution in [3.8, 4) is 56.5 Å². The van der Waals surface area contributed by atoms with E-state index in [9.17, 15) is 0 Å². The molecule has 5 nitrogen and oxygen atoms in total. The average molecular weight is 822 g/mol. The topological polar surface area (TPSA) is 48.5 Å². The molecule has 0 spiro atoms. The van der Waals surface area contributed by atoms with Crippen LogP contribution in [0.2, 0.25) is 0 Å². The van der Waals surface area contributed by atoms with Gasteiger partial charge in [-0.3, -0.25) is 9.55 Å². The molecule has 63 heavy (non-hydrogen) atoms. The van der Waals surface area contributed by atoms with Crippen LogP contribution in [-0.2, 0) is 0 Å². The Balaban J connectivity index is 0.937. The molecule has 13 aromatic rings. The van der Waals surface area contributed by atoms with Crippen LogP contribution in [0.4, 0.5) is 0 Å². The lowest BCUT2D eigenvalue weighted by atomic mass is 10.0. The molecule has 0 atom stereocenters. The van der Waals surface area contributed by atoms with Crippen LogP contribution < -0.4 is 0 Å². The number of nitrogens with zero attached hydrogens (tertiary/aromatic N) is 5. The van der Waals surface area contributed by atoms with Gasteiger partial charge in [0.05, 0.1) is 43.8 Å². The molecular formula is C57H35N5S. The van der Waals surface area contributed by atoms with Crippen LogP contribution in [-0.4, -0.2) is 24.1 Å². The number of hydrogen-bond acceptors (Lipinski definition) is 4. The van der Waals surface area contributed by atoms with E-state index in [1.165, 1.54) is 36.5 Å². The zero-order chi connectivity index (χ0) is 41.4. The van der Waals surface area contributed by atoms with Gasteiger partial charge in [-0.15, -0.1) is 11.3 Å². The molecule has 0 aliphatic rings. The molecule has 0 radical (unpaired) electrons. The largest absolute Gasteiger partial charge is 0.309 e. The van der Waals surface area contributed by atoms with Crippen molar-refractivity contribution in [1.82, 2.24) is 24.1 Å². The van der Waals surface area contributed by atoms with Gasteiger partial charge in [0.15, 0.2) is 0 Å². The Hall–Kier alpha value is -8.19. The van der Waals surface area contributed by atoms with E-state index in [1.54, 1.807) is 11.3 Å². The fourth-order valence-electron chi connectivity index (χ4n) is 9.41. The molecule has 0 fully saturated rings. The van der Waals surface area contributed by atoms with Gasteiger partial charge in [-0.1, -0.05) is 146 Å². The van der Waals surface area contributed by atoms with Crippen molar-refractivity contribution in [1.29, 1.82) is 0 Å². The summed E-state index contributed by atoms with van der Waals surface area (Å²) in [4.78, 5) is 15.4. The summed E-state index contributed by atoms with van der Waals surface area (Å²) in [6.45, 7) is 0. The van der Waals surface area contributed by atoms with Crippen molar-refractivity contribution in [3.63, 3.8) is 0 Å². The molecule has 0 saturated heterocycles. The standard InChI is InChI=1S/C57H35N5S/c1-3-13-36(14-4-1)49-34-50(37-15-5-2-6-16-37)60-57(59-49)62-52-21-11-8-18-43(52)46-31-39(26-30-53(46)62)40-25-29-44-42-17-7-10-20-51(42)61(54(44)32-40)41-27-23-38(24-28-41)48-33-47-45-19-9-12-22-55(45)63-56(47)35-58-48/h1-35H. The van der Waals surface area contributed by atoms with Crippen LogP contribution in [0.1, 0.15) is 0 Å². The lowest BCUT2D eigenvalue weighted by Crippen LogP contribution is -2.03. The van der Waals surface area contributed by atoms with Crippen LogP contribution in [0.15, 0.2) is 212 Å². The molecule has 0 aliphatic heterocycles. The third-order valence-electron chi connectivity index (χ3n) is 12.4. The van der Waals surface area contributed by atoms with E-state index in [0.29, 0.717) is 5.95 Å². The second kappa shape index (κ2) is 14.2. The van der Waals surface area contributed by atoms with Crippen molar-refractivity contribution >= 4 is 75.1 Å². The first-order chi connectivity index (χ1) is 31.2. The summed E-state index contributed by atoms with van der Waals surface area (Å²) in [5.41, 5.74) is 13.8. The Morgan fingerprint density at radius 2 is 0.857 bits per heavy atom. The van der Waals surface area contributed by atoms with Crippen molar-refractivity contribution in [2.24, 2.45) is 0 Å². The van der Waals surface area contributed by atoms with Gasteiger partial charge in [0.2, 0.25) is 5.95 Å². The molecule has 0 bridgehead atoms. The highest BCUT2D eigenvalue weighted by Crippen LogP contribution is 2.40. The Morgan fingerprint density at radius 3 is 1.59 bits per heavy atom. The smallest absolute Gasteiger partial charge is 0.235 e. The summed E-state index contributed by atoms with van der Waals surface area (Å²) in [6.07, 6.45) is 2.02. The van der Waals surface area contributed by atoms with Gasteiger partial charge in [-0.25, -0.2) is 9.97 Å². The number of pyridine rings is 1. The van der Waals surface area contributed by atoms with Crippen molar-refractivity contribution in [2.45, 2.75) is 0 Å². The summed E-state index contributed by atoms with van der Waals surface area (Å²) in [7, 11) is 0. The van der Waals surface area contributed by atoms with Crippen LogP contribution in [0.25, 0.3) is 120 Å². The molecule has 294 valence electrons. The van der Waals surface area contributed by atoms with E-state index >= 15 is 0 Å². The van der Waals surface area contributed by atoms with Crippen LogP contribution in [0, 0.1) is 0 Å². The maximum atomic E-state index is 5.24. The highest BCUT2D eigenvalue weighted by Gasteiger charge is 2.19. The summed E-state index contributed by atoms with van der Waals surface area (Å²) in [5, 5.41) is 7.29. The number of benzene rings is 8. The van der Waals surface area contributed by atoms with Gasteiger partial charge in [-0.05, 0) is 71.8 Å². The van der Waals surface area contributed by atoms with E-state index in [0.717, 1.165) is 77.9 Å². The third kappa shape index (κ3) is 5.80. The molecule has 5 heterocycles. The predicted molar refractivity (Wildman–Crippen MR) is 263 cm³/mol. The number of hydrogen-bond donors (Lipinski definition) is 0. The van der Waals surface area contributed by atoms with Gasteiger partial charge < -0.3 is 4.57 Å². The monoisotopic (exact) mass is 821 g/mol. The average Bonchev–Trinajstić information content (AvgIpc) is 4.01. The van der Waals surface area contributed by atoms with Gasteiger partial charge in [0, 0.05) is 65.6 Å². The normalized spacial score (nSPS) is 11.8. The first-order valence-electron chi connectivity index (χ1n) is 21.2. The molecule has 5 aromatic heterocycles. The summed E-state index contributed by atoms with van der Waals surface area (Å²) in [5.74, 6) is 0.641. The maximum absolute atomic E-state index is 5.24. The lowest BCUT2D eigenvalue weighted by molar-refractivity contribution is 0.995. The maximum Gasteiger partial charge on any atom is 0.235 e. The lowest BCUT2D eigenvalue weighted by Gasteiger charge is -2.12. The summed E-state index contributed by atoms with van der Waals surface area (Å²) >= 11 is 1.80. The molecule has 0 unspecified atom stereocenters. The molecule has 0 saturated carbocycles. The van der Waals surface area contributed by atoms with Crippen LogP contribution >= 0.6 is 11.3 Å². The molecular weight excluding hydrogens is 787 g/mol. The minimum atomic E-state index is 0.641. The van der Waals surface area contributed by atoms with E-state index in [4.69, 9.17) is 15.0 Å². The van der Waals surface area contributed by atoms with Crippen molar-refractivity contribution in [3.05, 3.63) is 212 Å². The van der Waals surface area contributed by atoms with Gasteiger partial charge in [0.25, 0.3) is 0 Å². The van der Waals surface area contributed by atoms with Gasteiger partial charge in [-0.2, -0.15) is 0 Å².